The van der Waals surface area contributed by atoms with Gasteiger partial charge in [0.1, 0.15) is 5.75 Å². The molecule has 3 heteroatoms. The van der Waals surface area contributed by atoms with Crippen LogP contribution in [-0.4, -0.2) is 15.3 Å². The smallest absolute Gasteiger partial charge is 0.122 e. The van der Waals surface area contributed by atoms with E-state index in [1.165, 1.54) is 0 Å². The lowest BCUT2D eigenvalue weighted by molar-refractivity contribution is 0.454. The van der Waals surface area contributed by atoms with Crippen molar-refractivity contribution in [2.45, 2.75) is 46.5 Å². The largest absolute Gasteiger partial charge is 0.507 e. The number of benzene rings is 1. The molecule has 112 valence electrons. The second-order valence-electron chi connectivity index (χ2n) is 6.17. The number of aryl methyl sites for hydroxylation is 1. The van der Waals surface area contributed by atoms with E-state index in [0.717, 1.165) is 28.1 Å². The summed E-state index contributed by atoms with van der Waals surface area (Å²) in [7, 11) is 0. The third-order valence-electron chi connectivity index (χ3n) is 3.61. The van der Waals surface area contributed by atoms with Gasteiger partial charge in [-0.3, -0.25) is 5.10 Å². The Bertz CT molecular complexity index is 622. The zero-order chi connectivity index (χ0) is 15.6. The molecule has 0 saturated carbocycles. The van der Waals surface area contributed by atoms with Gasteiger partial charge in [-0.25, -0.2) is 0 Å². The molecule has 1 heterocycles. The maximum Gasteiger partial charge on any atom is 0.122 e. The van der Waals surface area contributed by atoms with Gasteiger partial charge >= 0.3 is 0 Å². The van der Waals surface area contributed by atoms with Gasteiger partial charge in [0, 0.05) is 5.69 Å². The molecule has 0 atom stereocenters. The van der Waals surface area contributed by atoms with Crippen LogP contribution in [0.2, 0.25) is 0 Å². The lowest BCUT2D eigenvalue weighted by Crippen LogP contribution is -1.96. The third-order valence-corrected chi connectivity index (χ3v) is 3.61. The monoisotopic (exact) mass is 284 g/mol. The summed E-state index contributed by atoms with van der Waals surface area (Å²) in [6.07, 6.45) is 4.04. The molecule has 2 aromatic rings. The summed E-state index contributed by atoms with van der Waals surface area (Å²) in [6.45, 7) is 10.4. The van der Waals surface area contributed by atoms with Crippen LogP contribution in [0.25, 0.3) is 12.2 Å². The number of rotatable bonds is 4. The molecule has 0 spiro atoms. The van der Waals surface area contributed by atoms with Crippen molar-refractivity contribution in [3.05, 3.63) is 46.3 Å². The van der Waals surface area contributed by atoms with Gasteiger partial charge in [-0.1, -0.05) is 33.8 Å². The zero-order valence-electron chi connectivity index (χ0n) is 13.4. The molecule has 0 fully saturated rings. The van der Waals surface area contributed by atoms with Crippen molar-refractivity contribution in [1.82, 2.24) is 10.2 Å². The number of nitrogens with one attached hydrogen (secondary N) is 1. The summed E-state index contributed by atoms with van der Waals surface area (Å²) in [4.78, 5) is 0. The predicted octanol–water partition coefficient (Wildman–Crippen LogP) is 4.84. The molecule has 0 amide bonds. The molecule has 0 saturated heterocycles. The predicted molar refractivity (Wildman–Crippen MR) is 88.5 cm³/mol. The zero-order valence-corrected chi connectivity index (χ0v) is 13.4. The average molecular weight is 284 g/mol. The first-order valence-electron chi connectivity index (χ1n) is 7.45. The Morgan fingerprint density at radius 1 is 1.00 bits per heavy atom. The first-order chi connectivity index (χ1) is 9.88. The van der Waals surface area contributed by atoms with E-state index in [-0.39, 0.29) is 0 Å². The van der Waals surface area contributed by atoms with Gasteiger partial charge in [-0.15, -0.1) is 0 Å². The van der Waals surface area contributed by atoms with E-state index in [2.05, 4.69) is 50.0 Å². The van der Waals surface area contributed by atoms with E-state index in [9.17, 15) is 5.11 Å². The summed E-state index contributed by atoms with van der Waals surface area (Å²) in [5.41, 5.74) is 5.06. The standard InChI is InChI=1S/C18H24N2O/c1-11(2)16-9-14(10-17(12(3)4)18(16)21)6-7-15-8-13(5)19-20-15/h6-12,21H,1-5H3,(H,19,20)/b7-6+. The fourth-order valence-electron chi connectivity index (χ4n) is 2.39. The normalized spacial score (nSPS) is 12.0. The second-order valence-corrected chi connectivity index (χ2v) is 6.17. The number of hydrogen-bond acceptors (Lipinski definition) is 2. The van der Waals surface area contributed by atoms with Crippen LogP contribution in [0.15, 0.2) is 18.2 Å². The Morgan fingerprint density at radius 3 is 2.00 bits per heavy atom. The van der Waals surface area contributed by atoms with E-state index in [4.69, 9.17) is 0 Å². The molecule has 0 unspecified atom stereocenters. The van der Waals surface area contributed by atoms with Crippen LogP contribution >= 0.6 is 0 Å². The summed E-state index contributed by atoms with van der Waals surface area (Å²) < 4.78 is 0. The second kappa shape index (κ2) is 6.17. The van der Waals surface area contributed by atoms with E-state index in [1.54, 1.807) is 0 Å². The number of H-pyrrole nitrogens is 1. The highest BCUT2D eigenvalue weighted by molar-refractivity contribution is 5.70. The minimum absolute atomic E-state index is 0.295. The Labute approximate surface area is 126 Å². The summed E-state index contributed by atoms with van der Waals surface area (Å²) in [6, 6.07) is 6.12. The SMILES string of the molecule is Cc1cc(/C=C/c2cc(C(C)C)c(O)c(C(C)C)c2)n[nH]1. The lowest BCUT2D eigenvalue weighted by Gasteiger charge is -2.16. The van der Waals surface area contributed by atoms with Crippen LogP contribution in [0.1, 0.15) is 67.6 Å². The first kappa shape index (κ1) is 15.4. The highest BCUT2D eigenvalue weighted by Crippen LogP contribution is 2.35. The molecule has 1 aromatic heterocycles. The fraction of sp³-hybridized carbons (Fsp3) is 0.389. The van der Waals surface area contributed by atoms with Crippen molar-refractivity contribution in [2.75, 3.05) is 0 Å². The van der Waals surface area contributed by atoms with Crippen molar-refractivity contribution >= 4 is 12.2 Å². The van der Waals surface area contributed by atoms with Crippen molar-refractivity contribution in [2.24, 2.45) is 0 Å². The number of hydrogen-bond donors (Lipinski definition) is 2. The Balaban J connectivity index is 2.41. The van der Waals surface area contributed by atoms with Crippen LogP contribution in [-0.2, 0) is 0 Å². The van der Waals surface area contributed by atoms with E-state index in [1.807, 2.05) is 25.1 Å². The average Bonchev–Trinajstić information content (AvgIpc) is 2.82. The Kier molecular flexibility index (Phi) is 4.51. The van der Waals surface area contributed by atoms with Gasteiger partial charge < -0.3 is 5.11 Å². The number of aromatic nitrogens is 2. The number of phenols is 1. The third kappa shape index (κ3) is 3.54. The van der Waals surface area contributed by atoms with E-state index >= 15 is 0 Å². The maximum absolute atomic E-state index is 10.4. The van der Waals surface area contributed by atoms with Crippen LogP contribution in [0.5, 0.6) is 5.75 Å². The molecule has 0 aliphatic heterocycles. The first-order valence-corrected chi connectivity index (χ1v) is 7.45. The van der Waals surface area contributed by atoms with Crippen LogP contribution in [0, 0.1) is 6.92 Å². The number of aromatic hydroxyl groups is 1. The van der Waals surface area contributed by atoms with Crippen LogP contribution < -0.4 is 0 Å². The molecule has 1 aromatic carbocycles. The fourth-order valence-corrected chi connectivity index (χ4v) is 2.39. The van der Waals surface area contributed by atoms with Gasteiger partial charge in [0.05, 0.1) is 5.69 Å². The topological polar surface area (TPSA) is 48.9 Å². The van der Waals surface area contributed by atoms with E-state index in [0.29, 0.717) is 17.6 Å². The van der Waals surface area contributed by atoms with Crippen LogP contribution in [0.3, 0.4) is 0 Å². The molecule has 21 heavy (non-hydrogen) atoms. The van der Waals surface area contributed by atoms with Crippen molar-refractivity contribution in [1.29, 1.82) is 0 Å². The molecule has 3 nitrogen and oxygen atoms in total. The van der Waals surface area contributed by atoms with E-state index < -0.39 is 0 Å². The summed E-state index contributed by atoms with van der Waals surface area (Å²) in [5.74, 6) is 1.03. The summed E-state index contributed by atoms with van der Waals surface area (Å²) in [5, 5.41) is 17.5. The number of nitrogens with zero attached hydrogens (tertiary/aromatic N) is 1. The maximum atomic E-state index is 10.4. The molecule has 2 N–H and O–H groups in total. The van der Waals surface area contributed by atoms with Gasteiger partial charge in [-0.2, -0.15) is 5.10 Å². The highest BCUT2D eigenvalue weighted by atomic mass is 16.3. The molecule has 0 aliphatic carbocycles. The van der Waals surface area contributed by atoms with Crippen molar-refractivity contribution in [3.63, 3.8) is 0 Å². The molecular formula is C18H24N2O. The highest BCUT2D eigenvalue weighted by Gasteiger charge is 2.14. The Morgan fingerprint density at radius 2 is 1.57 bits per heavy atom. The number of phenolic OH excluding ortho intramolecular Hbond substituents is 1. The lowest BCUT2D eigenvalue weighted by atomic mass is 9.91. The van der Waals surface area contributed by atoms with Gasteiger partial charge in [0.15, 0.2) is 0 Å². The minimum atomic E-state index is 0.295. The number of aromatic amines is 1. The Hall–Kier alpha value is -2.03. The van der Waals surface area contributed by atoms with Crippen LogP contribution in [0.4, 0.5) is 0 Å². The molecule has 2 rings (SSSR count). The van der Waals surface area contributed by atoms with Gasteiger partial charge in [-0.05, 0) is 59.7 Å². The molecular weight excluding hydrogens is 260 g/mol. The van der Waals surface area contributed by atoms with Crippen molar-refractivity contribution < 1.29 is 5.11 Å². The van der Waals surface area contributed by atoms with Crippen molar-refractivity contribution in [3.8, 4) is 5.75 Å². The molecule has 0 bridgehead atoms. The quantitative estimate of drug-likeness (QED) is 0.844. The van der Waals surface area contributed by atoms with Gasteiger partial charge in [0.2, 0.25) is 0 Å². The minimum Gasteiger partial charge on any atom is -0.507 e. The van der Waals surface area contributed by atoms with Gasteiger partial charge in [0.25, 0.3) is 0 Å². The summed E-state index contributed by atoms with van der Waals surface area (Å²) >= 11 is 0. The molecule has 0 aliphatic rings. The molecule has 0 radical (unpaired) electrons.